The first-order chi connectivity index (χ1) is 4.33. The van der Waals surface area contributed by atoms with Gasteiger partial charge >= 0.3 is 0 Å². The molecule has 46 valence electrons. The molecule has 1 aromatic rings. The van der Waals surface area contributed by atoms with Crippen LogP contribution in [0.4, 0.5) is 0 Å². The third kappa shape index (κ3) is 1.54. The Kier molecular flexibility index (Phi) is 1.85. The highest BCUT2D eigenvalue weighted by Gasteiger charge is 1.88. The summed E-state index contributed by atoms with van der Waals surface area (Å²) in [6.45, 7) is 3.54. The molecule has 0 unspecified atom stereocenters. The number of benzene rings is 1. The summed E-state index contributed by atoms with van der Waals surface area (Å²) < 4.78 is 0. The molecule has 2 radical (unpaired) electrons. The van der Waals surface area contributed by atoms with E-state index in [1.165, 1.54) is 0 Å². The van der Waals surface area contributed by atoms with Crippen LogP contribution in [-0.4, -0.2) is 0 Å². The average molecular weight is 120 g/mol. The zero-order valence-corrected chi connectivity index (χ0v) is 5.13. The molecule has 9 heavy (non-hydrogen) atoms. The van der Waals surface area contributed by atoms with Crippen LogP contribution in [0, 0.1) is 6.92 Å². The summed E-state index contributed by atoms with van der Waals surface area (Å²) in [7, 11) is 0. The van der Waals surface area contributed by atoms with E-state index in [1.807, 2.05) is 18.2 Å². The highest BCUT2D eigenvalue weighted by atomic mass is 16.3. The Balaban J connectivity index is 2.94. The Labute approximate surface area is 55.0 Å². The molecule has 0 fully saturated rings. The van der Waals surface area contributed by atoms with Crippen molar-refractivity contribution in [2.24, 2.45) is 0 Å². The number of hydrogen-bond acceptors (Lipinski definition) is 0. The van der Waals surface area contributed by atoms with Gasteiger partial charge in [0.1, 0.15) is 6.61 Å². The lowest BCUT2D eigenvalue weighted by Gasteiger charge is -1.93. The first-order valence-corrected chi connectivity index (χ1v) is 2.82. The van der Waals surface area contributed by atoms with Crippen LogP contribution in [0.2, 0.25) is 0 Å². The Morgan fingerprint density at radius 2 is 2.22 bits per heavy atom. The highest BCUT2D eigenvalue weighted by Crippen LogP contribution is 2.02. The quantitative estimate of drug-likeness (QED) is 0.538. The molecule has 0 atom stereocenters. The van der Waals surface area contributed by atoms with Crippen molar-refractivity contribution < 1.29 is 5.11 Å². The fourth-order valence-electron chi connectivity index (χ4n) is 0.719. The number of rotatable bonds is 1. The maximum Gasteiger partial charge on any atom is 0.107 e. The second-order valence-corrected chi connectivity index (χ2v) is 1.96. The average Bonchev–Trinajstić information content (AvgIpc) is 1.88. The largest absolute Gasteiger partial charge is 0.232 e. The first-order valence-electron chi connectivity index (χ1n) is 2.82. The minimum atomic E-state index is -0.149. The zero-order valence-electron chi connectivity index (χ0n) is 5.13. The van der Waals surface area contributed by atoms with Gasteiger partial charge in [0.15, 0.2) is 0 Å². The van der Waals surface area contributed by atoms with E-state index in [2.05, 4.69) is 6.92 Å². The minimum absolute atomic E-state index is 0.149. The molecule has 0 aliphatic heterocycles. The molecular weight excluding hydrogens is 112 g/mol. The van der Waals surface area contributed by atoms with Crippen molar-refractivity contribution in [1.29, 1.82) is 0 Å². The van der Waals surface area contributed by atoms with E-state index >= 15 is 0 Å². The van der Waals surface area contributed by atoms with Crippen LogP contribution < -0.4 is 0 Å². The molecule has 1 nitrogen and oxygen atoms in total. The van der Waals surface area contributed by atoms with Crippen molar-refractivity contribution in [1.82, 2.24) is 0 Å². The fourth-order valence-corrected chi connectivity index (χ4v) is 0.719. The Bertz CT molecular complexity index is 194. The Hall–Kier alpha value is -0.820. The molecule has 0 saturated heterocycles. The van der Waals surface area contributed by atoms with Crippen molar-refractivity contribution in [2.45, 2.75) is 6.61 Å². The minimum Gasteiger partial charge on any atom is -0.232 e. The molecule has 0 amide bonds. The van der Waals surface area contributed by atoms with Crippen molar-refractivity contribution in [3.8, 4) is 0 Å². The van der Waals surface area contributed by atoms with Crippen LogP contribution in [0.3, 0.4) is 0 Å². The van der Waals surface area contributed by atoms with Crippen LogP contribution in [0.1, 0.15) is 11.1 Å². The standard InChI is InChI=1S/C8H8O/c1-7-3-2-4-8(5-7)6-9/h2-5H,1,6H2. The second-order valence-electron chi connectivity index (χ2n) is 1.96. The van der Waals surface area contributed by atoms with Gasteiger partial charge in [-0.2, -0.15) is 0 Å². The topological polar surface area (TPSA) is 19.9 Å². The highest BCUT2D eigenvalue weighted by molar-refractivity contribution is 5.24. The van der Waals surface area contributed by atoms with Gasteiger partial charge in [-0.05, 0) is 18.1 Å². The van der Waals surface area contributed by atoms with Gasteiger partial charge < -0.3 is 0 Å². The van der Waals surface area contributed by atoms with Crippen LogP contribution in [0.5, 0.6) is 0 Å². The lowest BCUT2D eigenvalue weighted by molar-refractivity contribution is 0.177. The lowest BCUT2D eigenvalue weighted by atomic mass is 10.1. The third-order valence-electron chi connectivity index (χ3n) is 1.16. The lowest BCUT2D eigenvalue weighted by Crippen LogP contribution is -1.80. The molecule has 0 bridgehead atoms. The molecule has 0 N–H and O–H groups in total. The summed E-state index contributed by atoms with van der Waals surface area (Å²) in [6.07, 6.45) is 0. The summed E-state index contributed by atoms with van der Waals surface area (Å²) in [5, 5.41) is 10.3. The Morgan fingerprint density at radius 1 is 1.44 bits per heavy atom. The maximum absolute atomic E-state index is 10.3. The maximum atomic E-state index is 10.3. The van der Waals surface area contributed by atoms with Gasteiger partial charge in [-0.25, -0.2) is 5.11 Å². The normalized spacial score (nSPS) is 9.56. The molecule has 0 aliphatic carbocycles. The van der Waals surface area contributed by atoms with E-state index in [4.69, 9.17) is 0 Å². The van der Waals surface area contributed by atoms with Crippen LogP contribution in [0.15, 0.2) is 24.3 Å². The summed E-state index contributed by atoms with van der Waals surface area (Å²) in [5.41, 5.74) is 1.71. The van der Waals surface area contributed by atoms with Crippen molar-refractivity contribution >= 4 is 0 Å². The summed E-state index contributed by atoms with van der Waals surface area (Å²) in [6, 6.07) is 7.32. The molecule has 0 spiro atoms. The van der Waals surface area contributed by atoms with Gasteiger partial charge in [-0.15, -0.1) is 0 Å². The molecule has 0 aromatic heterocycles. The monoisotopic (exact) mass is 120 g/mol. The second kappa shape index (κ2) is 2.65. The summed E-state index contributed by atoms with van der Waals surface area (Å²) in [5.74, 6) is 0. The zero-order chi connectivity index (χ0) is 6.69. The van der Waals surface area contributed by atoms with Crippen molar-refractivity contribution in [2.75, 3.05) is 0 Å². The number of hydrogen-bond donors (Lipinski definition) is 0. The van der Waals surface area contributed by atoms with Gasteiger partial charge in [0.25, 0.3) is 0 Å². The molecule has 1 rings (SSSR count). The van der Waals surface area contributed by atoms with Gasteiger partial charge in [-0.1, -0.05) is 24.3 Å². The van der Waals surface area contributed by atoms with E-state index in [-0.39, 0.29) is 6.61 Å². The van der Waals surface area contributed by atoms with E-state index < -0.39 is 0 Å². The molecular formula is C8H8O. The van der Waals surface area contributed by atoms with Crippen LogP contribution in [-0.2, 0) is 11.7 Å². The first kappa shape index (κ1) is 6.30. The predicted molar refractivity (Wildman–Crippen MR) is 35.3 cm³/mol. The SMILES string of the molecule is [CH2]c1cccc(C[O])c1. The van der Waals surface area contributed by atoms with E-state index in [9.17, 15) is 5.11 Å². The molecule has 0 saturated carbocycles. The summed E-state index contributed by atoms with van der Waals surface area (Å²) in [4.78, 5) is 0. The van der Waals surface area contributed by atoms with Gasteiger partial charge in [0, 0.05) is 0 Å². The smallest absolute Gasteiger partial charge is 0.107 e. The molecule has 0 heterocycles. The predicted octanol–water partition coefficient (Wildman–Crippen LogP) is 1.80. The molecule has 1 heteroatoms. The van der Waals surface area contributed by atoms with Crippen LogP contribution >= 0.6 is 0 Å². The molecule has 0 aliphatic rings. The van der Waals surface area contributed by atoms with Crippen molar-refractivity contribution in [3.05, 3.63) is 42.3 Å². The van der Waals surface area contributed by atoms with Crippen LogP contribution in [0.25, 0.3) is 0 Å². The Morgan fingerprint density at radius 3 is 2.67 bits per heavy atom. The third-order valence-corrected chi connectivity index (χ3v) is 1.16. The van der Waals surface area contributed by atoms with E-state index in [1.54, 1.807) is 6.07 Å². The summed E-state index contributed by atoms with van der Waals surface area (Å²) >= 11 is 0. The van der Waals surface area contributed by atoms with Gasteiger partial charge in [-0.3, -0.25) is 0 Å². The van der Waals surface area contributed by atoms with E-state index in [0.717, 1.165) is 11.1 Å². The van der Waals surface area contributed by atoms with Gasteiger partial charge in [0.2, 0.25) is 0 Å². The van der Waals surface area contributed by atoms with Gasteiger partial charge in [0.05, 0.1) is 0 Å². The van der Waals surface area contributed by atoms with Crippen molar-refractivity contribution in [3.63, 3.8) is 0 Å². The fraction of sp³-hybridized carbons (Fsp3) is 0.125. The molecule has 1 aromatic carbocycles. The van der Waals surface area contributed by atoms with E-state index in [0.29, 0.717) is 0 Å².